The molecular weight excluding hydrogens is 432 g/mol. The van der Waals surface area contributed by atoms with E-state index in [-0.39, 0.29) is 11.6 Å². The van der Waals surface area contributed by atoms with Crippen LogP contribution in [-0.4, -0.2) is 40.0 Å². The maximum absolute atomic E-state index is 12.6. The summed E-state index contributed by atoms with van der Waals surface area (Å²) in [4.78, 5) is 25.2. The molecule has 0 amide bonds. The predicted octanol–water partition coefficient (Wildman–Crippen LogP) is 5.51. The largest absolute Gasteiger partial charge is 0.497 e. The number of ether oxygens (including phenoxy) is 4. The van der Waals surface area contributed by atoms with E-state index in [9.17, 15) is 9.59 Å². The average Bonchev–Trinajstić information content (AvgIpc) is 2.89. The van der Waals surface area contributed by atoms with Gasteiger partial charge in [0.2, 0.25) is 0 Å². The first kappa shape index (κ1) is 24.3. The molecule has 0 bridgehead atoms. The first-order chi connectivity index (χ1) is 16.5. The SMILES string of the molecule is COc1ccc(C(=O)/C=C/c2ccc(/C=C/C(=O)c3ccc(OC)cc3OC)cc2)c(OC)c1. The summed E-state index contributed by atoms with van der Waals surface area (Å²) in [6.07, 6.45) is 6.45. The maximum Gasteiger partial charge on any atom is 0.189 e. The van der Waals surface area contributed by atoms with Crippen molar-refractivity contribution in [2.45, 2.75) is 0 Å². The number of carbonyl (C=O) groups excluding carboxylic acids is 2. The maximum atomic E-state index is 12.6. The van der Waals surface area contributed by atoms with Crippen molar-refractivity contribution in [3.63, 3.8) is 0 Å². The Morgan fingerprint density at radius 1 is 0.559 bits per heavy atom. The number of hydrogen-bond donors (Lipinski definition) is 0. The summed E-state index contributed by atoms with van der Waals surface area (Å²) in [6, 6.07) is 17.6. The second-order valence-corrected chi connectivity index (χ2v) is 7.19. The molecule has 0 aliphatic rings. The lowest BCUT2D eigenvalue weighted by Crippen LogP contribution is -1.99. The Morgan fingerprint density at radius 2 is 0.941 bits per heavy atom. The van der Waals surface area contributed by atoms with Gasteiger partial charge in [-0.2, -0.15) is 0 Å². The third-order valence-corrected chi connectivity index (χ3v) is 5.14. The third-order valence-electron chi connectivity index (χ3n) is 5.14. The van der Waals surface area contributed by atoms with Gasteiger partial charge < -0.3 is 18.9 Å². The second kappa shape index (κ2) is 11.5. The average molecular weight is 459 g/mol. The molecule has 34 heavy (non-hydrogen) atoms. The fourth-order valence-corrected chi connectivity index (χ4v) is 3.25. The molecule has 0 N–H and O–H groups in total. The van der Waals surface area contributed by atoms with Crippen molar-refractivity contribution in [2.24, 2.45) is 0 Å². The molecule has 3 aromatic carbocycles. The minimum absolute atomic E-state index is 0.178. The minimum atomic E-state index is -0.178. The molecule has 0 fully saturated rings. The number of allylic oxidation sites excluding steroid dienone is 2. The Hall–Kier alpha value is -4.32. The highest BCUT2D eigenvalue weighted by molar-refractivity contribution is 6.09. The number of rotatable bonds is 10. The van der Waals surface area contributed by atoms with Gasteiger partial charge in [0.1, 0.15) is 23.0 Å². The Labute approximate surface area is 199 Å². The Kier molecular flexibility index (Phi) is 8.24. The standard InChI is InChI=1S/C28H26O6/c1-31-21-11-13-23(27(17-21)33-3)25(29)15-9-19-5-7-20(8-6-19)10-16-26(30)24-14-12-22(32-2)18-28(24)34-4/h5-18H,1-4H3/b15-9+,16-10+. The molecule has 3 rings (SSSR count). The van der Waals surface area contributed by atoms with Crippen LogP contribution in [0.4, 0.5) is 0 Å². The predicted molar refractivity (Wildman–Crippen MR) is 132 cm³/mol. The van der Waals surface area contributed by atoms with Crippen LogP contribution in [-0.2, 0) is 0 Å². The van der Waals surface area contributed by atoms with Gasteiger partial charge in [-0.25, -0.2) is 0 Å². The van der Waals surface area contributed by atoms with Crippen LogP contribution in [0.15, 0.2) is 72.8 Å². The fraction of sp³-hybridized carbons (Fsp3) is 0.143. The molecule has 0 spiro atoms. The molecule has 0 aliphatic heterocycles. The summed E-state index contributed by atoms with van der Waals surface area (Å²) >= 11 is 0. The highest BCUT2D eigenvalue weighted by Crippen LogP contribution is 2.26. The number of carbonyl (C=O) groups is 2. The lowest BCUT2D eigenvalue weighted by molar-refractivity contribution is 0.103. The van der Waals surface area contributed by atoms with Crippen molar-refractivity contribution in [3.8, 4) is 23.0 Å². The van der Waals surface area contributed by atoms with Gasteiger partial charge in [-0.3, -0.25) is 9.59 Å². The molecule has 0 saturated heterocycles. The highest BCUT2D eigenvalue weighted by Gasteiger charge is 2.12. The van der Waals surface area contributed by atoms with Crippen molar-refractivity contribution < 1.29 is 28.5 Å². The number of methoxy groups -OCH3 is 4. The highest BCUT2D eigenvalue weighted by atomic mass is 16.5. The smallest absolute Gasteiger partial charge is 0.189 e. The van der Waals surface area contributed by atoms with E-state index in [0.717, 1.165) is 11.1 Å². The summed E-state index contributed by atoms with van der Waals surface area (Å²) in [7, 11) is 6.13. The monoisotopic (exact) mass is 458 g/mol. The molecule has 0 radical (unpaired) electrons. The molecule has 6 nitrogen and oxygen atoms in total. The Morgan fingerprint density at radius 3 is 1.26 bits per heavy atom. The summed E-state index contributed by atoms with van der Waals surface area (Å²) in [5, 5.41) is 0. The lowest BCUT2D eigenvalue weighted by atomic mass is 10.1. The molecule has 0 aromatic heterocycles. The van der Waals surface area contributed by atoms with Gasteiger partial charge in [0.05, 0.1) is 39.6 Å². The molecule has 0 saturated carbocycles. The van der Waals surface area contributed by atoms with Crippen LogP contribution in [0.5, 0.6) is 23.0 Å². The summed E-state index contributed by atoms with van der Waals surface area (Å²) < 4.78 is 20.9. The van der Waals surface area contributed by atoms with E-state index in [1.807, 2.05) is 24.3 Å². The molecule has 3 aromatic rings. The van der Waals surface area contributed by atoms with Gasteiger partial charge in [-0.1, -0.05) is 36.4 Å². The van der Waals surface area contributed by atoms with Crippen molar-refractivity contribution in [3.05, 3.63) is 95.1 Å². The first-order valence-electron chi connectivity index (χ1n) is 10.5. The van der Waals surface area contributed by atoms with Crippen molar-refractivity contribution >= 4 is 23.7 Å². The first-order valence-corrected chi connectivity index (χ1v) is 10.5. The van der Waals surface area contributed by atoms with E-state index in [0.29, 0.717) is 34.1 Å². The zero-order valence-corrected chi connectivity index (χ0v) is 19.5. The van der Waals surface area contributed by atoms with Crippen molar-refractivity contribution in [1.29, 1.82) is 0 Å². The second-order valence-electron chi connectivity index (χ2n) is 7.19. The Bertz CT molecular complexity index is 1130. The fourth-order valence-electron chi connectivity index (χ4n) is 3.25. The van der Waals surface area contributed by atoms with Gasteiger partial charge in [0.25, 0.3) is 0 Å². The summed E-state index contributed by atoms with van der Waals surface area (Å²) in [5.41, 5.74) is 2.60. The van der Waals surface area contributed by atoms with Gasteiger partial charge in [-0.05, 0) is 47.5 Å². The zero-order chi connectivity index (χ0) is 24.5. The van der Waals surface area contributed by atoms with Gasteiger partial charge in [-0.15, -0.1) is 0 Å². The van der Waals surface area contributed by atoms with Gasteiger partial charge in [0.15, 0.2) is 11.6 Å². The van der Waals surface area contributed by atoms with E-state index < -0.39 is 0 Å². The molecular formula is C28H26O6. The van der Waals surface area contributed by atoms with Crippen LogP contribution >= 0.6 is 0 Å². The molecule has 0 atom stereocenters. The normalized spacial score (nSPS) is 10.9. The molecule has 0 unspecified atom stereocenters. The number of ketones is 2. The van der Waals surface area contributed by atoms with Crippen LogP contribution < -0.4 is 18.9 Å². The minimum Gasteiger partial charge on any atom is -0.497 e. The van der Waals surface area contributed by atoms with Crippen LogP contribution in [0, 0.1) is 0 Å². The quantitative estimate of drug-likeness (QED) is 0.295. The van der Waals surface area contributed by atoms with E-state index in [4.69, 9.17) is 18.9 Å². The Balaban J connectivity index is 1.68. The molecule has 174 valence electrons. The van der Waals surface area contributed by atoms with Gasteiger partial charge in [0, 0.05) is 12.1 Å². The lowest BCUT2D eigenvalue weighted by Gasteiger charge is -2.08. The van der Waals surface area contributed by atoms with E-state index in [2.05, 4.69) is 0 Å². The van der Waals surface area contributed by atoms with E-state index in [1.165, 1.54) is 26.4 Å². The molecule has 0 aliphatic carbocycles. The number of hydrogen-bond acceptors (Lipinski definition) is 6. The zero-order valence-electron chi connectivity index (χ0n) is 19.5. The van der Waals surface area contributed by atoms with Crippen LogP contribution in [0.3, 0.4) is 0 Å². The van der Waals surface area contributed by atoms with Crippen LogP contribution in [0.1, 0.15) is 31.8 Å². The van der Waals surface area contributed by atoms with Crippen molar-refractivity contribution in [1.82, 2.24) is 0 Å². The summed E-state index contributed by atoms with van der Waals surface area (Å²) in [5.74, 6) is 1.78. The third kappa shape index (κ3) is 5.92. The molecule has 6 heteroatoms. The van der Waals surface area contributed by atoms with Crippen LogP contribution in [0.25, 0.3) is 12.2 Å². The van der Waals surface area contributed by atoms with Crippen LogP contribution in [0.2, 0.25) is 0 Å². The molecule has 0 heterocycles. The summed E-state index contributed by atoms with van der Waals surface area (Å²) in [6.45, 7) is 0. The topological polar surface area (TPSA) is 71.1 Å². The van der Waals surface area contributed by atoms with Gasteiger partial charge >= 0.3 is 0 Å². The van der Waals surface area contributed by atoms with E-state index >= 15 is 0 Å². The van der Waals surface area contributed by atoms with Crippen molar-refractivity contribution in [2.75, 3.05) is 28.4 Å². The number of benzene rings is 3. The van der Waals surface area contributed by atoms with E-state index in [1.54, 1.807) is 62.8 Å².